The number of rotatable bonds is 6. The fourth-order valence-electron chi connectivity index (χ4n) is 9.59. The molecule has 0 aromatic heterocycles. The van der Waals surface area contributed by atoms with Crippen LogP contribution in [-0.2, 0) is 14.6 Å². The highest BCUT2D eigenvalue weighted by Gasteiger charge is 2.56. The number of hydrogen-bond acceptors (Lipinski definition) is 4. The Morgan fingerprint density at radius 3 is 2.62 bits per heavy atom. The maximum absolute atomic E-state index is 14.0. The van der Waals surface area contributed by atoms with Crippen LogP contribution in [0.2, 0.25) is 0 Å². The molecule has 204 valence electrons. The first kappa shape index (κ1) is 26.1. The number of hydrogen-bond donors (Lipinski definition) is 1. The van der Waals surface area contributed by atoms with E-state index in [2.05, 4.69) is 19.9 Å². The number of aliphatic hydroxyl groups is 1. The third-order valence-corrected chi connectivity index (χ3v) is 13.8. The minimum Gasteiger partial charge on any atom is -0.387 e. The second kappa shape index (κ2) is 9.78. The molecule has 1 aromatic carbocycles. The smallest absolute Gasteiger partial charge is 0.181 e. The summed E-state index contributed by atoms with van der Waals surface area (Å²) in [4.78, 5) is 0.391. The zero-order valence-electron chi connectivity index (χ0n) is 22.8. The fraction of sp³-hybridized carbons (Fsp3) is 0.750. The van der Waals surface area contributed by atoms with E-state index >= 15 is 0 Å². The monoisotopic (exact) mass is 526 g/mol. The molecular formula is C32H46O4S. The molecule has 9 atom stereocenters. The van der Waals surface area contributed by atoms with Gasteiger partial charge in [0.05, 0.1) is 22.4 Å². The van der Waals surface area contributed by atoms with E-state index in [1.54, 1.807) is 17.7 Å². The normalized spacial score (nSPS) is 42.4. The van der Waals surface area contributed by atoms with Gasteiger partial charge in [-0.1, -0.05) is 43.7 Å². The fourth-order valence-corrected chi connectivity index (χ4v) is 11.5. The van der Waals surface area contributed by atoms with Crippen LogP contribution in [0, 0.1) is 40.9 Å². The summed E-state index contributed by atoms with van der Waals surface area (Å²) >= 11 is 0. The van der Waals surface area contributed by atoms with Gasteiger partial charge in [-0.2, -0.15) is 0 Å². The van der Waals surface area contributed by atoms with E-state index in [0.717, 1.165) is 30.1 Å². The van der Waals surface area contributed by atoms with Crippen molar-refractivity contribution in [3.8, 4) is 0 Å². The van der Waals surface area contributed by atoms with Gasteiger partial charge in [0.25, 0.3) is 0 Å². The molecule has 1 saturated heterocycles. The second-order valence-electron chi connectivity index (χ2n) is 13.7. The predicted octanol–water partition coefficient (Wildman–Crippen LogP) is 6.59. The van der Waals surface area contributed by atoms with E-state index in [-0.39, 0.29) is 18.4 Å². The van der Waals surface area contributed by atoms with Crippen molar-refractivity contribution in [2.75, 3.05) is 13.2 Å². The van der Waals surface area contributed by atoms with Crippen molar-refractivity contribution in [3.05, 3.63) is 42.0 Å². The highest BCUT2D eigenvalue weighted by molar-refractivity contribution is 7.92. The largest absolute Gasteiger partial charge is 0.387 e. The molecule has 0 radical (unpaired) electrons. The van der Waals surface area contributed by atoms with Crippen LogP contribution in [0.3, 0.4) is 0 Å². The Labute approximate surface area is 224 Å². The first-order valence-electron chi connectivity index (χ1n) is 15.0. The van der Waals surface area contributed by atoms with Gasteiger partial charge in [0.2, 0.25) is 0 Å². The van der Waals surface area contributed by atoms with Crippen LogP contribution in [0.25, 0.3) is 0 Å². The average Bonchev–Trinajstić information content (AvgIpc) is 3.46. The summed E-state index contributed by atoms with van der Waals surface area (Å²) < 4.78 is 33.4. The molecular weight excluding hydrogens is 480 g/mol. The van der Waals surface area contributed by atoms with Gasteiger partial charge in [-0.3, -0.25) is 0 Å². The Bertz CT molecular complexity index is 1100. The summed E-state index contributed by atoms with van der Waals surface area (Å²) in [5.41, 5.74) is 0.929. The number of benzene rings is 1. The molecule has 1 heterocycles. The molecule has 4 fully saturated rings. The Balaban J connectivity index is 1.25. The zero-order chi connectivity index (χ0) is 25.8. The Morgan fingerprint density at radius 2 is 1.86 bits per heavy atom. The quantitative estimate of drug-likeness (QED) is 0.425. The van der Waals surface area contributed by atoms with Crippen molar-refractivity contribution >= 4 is 9.84 Å². The standard InChI is InChI=1S/C32H46O4S/c1-22-8-11-27-23(18-22)9-12-29-28(27)14-15-31(2)24(10-13-30(29)31)19-26(20-32(33)16-17-36-21-32)37(34,35)25-6-4-3-5-7-25/h3-7,9,22,24,26-30,33H,8,10-21H2,1-2H3. The predicted molar refractivity (Wildman–Crippen MR) is 147 cm³/mol. The van der Waals surface area contributed by atoms with Crippen molar-refractivity contribution in [2.24, 2.45) is 40.9 Å². The van der Waals surface area contributed by atoms with E-state index in [1.165, 1.54) is 44.9 Å². The number of allylic oxidation sites excluding steroid dienone is 2. The van der Waals surface area contributed by atoms with Crippen molar-refractivity contribution in [1.29, 1.82) is 0 Å². The molecule has 9 unspecified atom stereocenters. The highest BCUT2D eigenvalue weighted by Crippen LogP contribution is 2.64. The lowest BCUT2D eigenvalue weighted by molar-refractivity contribution is -0.0188. The number of fused-ring (bicyclic) bond motifs is 5. The molecule has 0 bridgehead atoms. The molecule has 1 aromatic rings. The van der Waals surface area contributed by atoms with Crippen molar-refractivity contribution in [1.82, 2.24) is 0 Å². The van der Waals surface area contributed by atoms with E-state index < -0.39 is 20.7 Å². The van der Waals surface area contributed by atoms with E-state index in [0.29, 0.717) is 36.2 Å². The molecule has 4 nitrogen and oxygen atoms in total. The van der Waals surface area contributed by atoms with Gasteiger partial charge in [0.1, 0.15) is 0 Å². The van der Waals surface area contributed by atoms with Crippen LogP contribution in [0.15, 0.2) is 46.9 Å². The summed E-state index contributed by atoms with van der Waals surface area (Å²) in [5, 5.41) is 10.7. The van der Waals surface area contributed by atoms with Crippen molar-refractivity contribution in [3.63, 3.8) is 0 Å². The topological polar surface area (TPSA) is 63.6 Å². The van der Waals surface area contributed by atoms with Gasteiger partial charge in [0, 0.05) is 13.0 Å². The van der Waals surface area contributed by atoms with E-state index in [1.807, 2.05) is 18.2 Å². The summed E-state index contributed by atoms with van der Waals surface area (Å²) in [6.07, 6.45) is 14.3. The first-order chi connectivity index (χ1) is 17.7. The SMILES string of the molecule is CC1CCC2C(=CCC3C2CCC2(C)C(CC(CC4(O)CCOC4)S(=O)(=O)c4ccccc4)CCC32)C1. The molecule has 4 aliphatic carbocycles. The van der Waals surface area contributed by atoms with Crippen LogP contribution in [0.5, 0.6) is 0 Å². The summed E-state index contributed by atoms with van der Waals surface area (Å²) in [7, 11) is -3.55. The summed E-state index contributed by atoms with van der Waals surface area (Å²) in [6, 6.07) is 8.92. The summed E-state index contributed by atoms with van der Waals surface area (Å²) in [5.74, 6) is 4.34. The molecule has 0 spiro atoms. The lowest BCUT2D eigenvalue weighted by atomic mass is 9.51. The molecule has 0 amide bonds. The number of sulfone groups is 1. The molecule has 37 heavy (non-hydrogen) atoms. The van der Waals surface area contributed by atoms with E-state index in [9.17, 15) is 13.5 Å². The van der Waals surface area contributed by atoms with Crippen LogP contribution in [0.1, 0.15) is 84.5 Å². The van der Waals surface area contributed by atoms with Gasteiger partial charge in [0.15, 0.2) is 9.84 Å². The van der Waals surface area contributed by atoms with E-state index in [4.69, 9.17) is 4.74 Å². The average molecular weight is 527 g/mol. The van der Waals surface area contributed by atoms with Gasteiger partial charge in [-0.05, 0) is 117 Å². The van der Waals surface area contributed by atoms with Crippen LogP contribution in [-0.4, -0.2) is 37.6 Å². The van der Waals surface area contributed by atoms with Crippen molar-refractivity contribution < 1.29 is 18.3 Å². The molecule has 1 N–H and O–H groups in total. The first-order valence-corrected chi connectivity index (χ1v) is 16.5. The highest BCUT2D eigenvalue weighted by atomic mass is 32.2. The second-order valence-corrected chi connectivity index (χ2v) is 15.9. The third-order valence-electron chi connectivity index (χ3n) is 11.6. The molecule has 6 rings (SSSR count). The maximum Gasteiger partial charge on any atom is 0.181 e. The van der Waals surface area contributed by atoms with Crippen molar-refractivity contribution in [2.45, 2.75) is 100 Å². The minimum atomic E-state index is -3.55. The number of ether oxygens (including phenoxy) is 1. The Morgan fingerprint density at radius 1 is 1.05 bits per heavy atom. The summed E-state index contributed by atoms with van der Waals surface area (Å²) in [6.45, 7) is 5.66. The van der Waals surface area contributed by atoms with Crippen LogP contribution >= 0.6 is 0 Å². The maximum atomic E-state index is 14.0. The lowest BCUT2D eigenvalue weighted by Crippen LogP contribution is -2.47. The van der Waals surface area contributed by atoms with Gasteiger partial charge in [-0.15, -0.1) is 0 Å². The van der Waals surface area contributed by atoms with Crippen LogP contribution in [0.4, 0.5) is 0 Å². The molecule has 1 aliphatic heterocycles. The Kier molecular flexibility index (Phi) is 6.89. The zero-order valence-corrected chi connectivity index (χ0v) is 23.6. The van der Waals surface area contributed by atoms with Gasteiger partial charge >= 0.3 is 0 Å². The third kappa shape index (κ3) is 4.65. The lowest BCUT2D eigenvalue weighted by Gasteiger charge is -2.54. The molecule has 5 aliphatic rings. The van der Waals surface area contributed by atoms with Crippen LogP contribution < -0.4 is 0 Å². The molecule has 3 saturated carbocycles. The van der Waals surface area contributed by atoms with Gasteiger partial charge in [-0.25, -0.2) is 8.42 Å². The minimum absolute atomic E-state index is 0.202. The Hall–Kier alpha value is -1.17. The molecule has 5 heteroatoms. The van der Waals surface area contributed by atoms with Gasteiger partial charge < -0.3 is 9.84 Å².